The molecule has 2 rings (SSSR count). The van der Waals surface area contributed by atoms with Gasteiger partial charge in [-0.05, 0) is 24.1 Å². The number of benzene rings is 1. The second-order valence-electron chi connectivity index (χ2n) is 7.15. The van der Waals surface area contributed by atoms with Crippen LogP contribution >= 0.6 is 23.4 Å². The van der Waals surface area contributed by atoms with Crippen molar-refractivity contribution in [3.63, 3.8) is 0 Å². The van der Waals surface area contributed by atoms with E-state index in [1.54, 1.807) is 36.4 Å². The van der Waals surface area contributed by atoms with E-state index in [0.29, 0.717) is 39.0 Å². The minimum absolute atomic E-state index is 0.00922. The van der Waals surface area contributed by atoms with Gasteiger partial charge in [0.1, 0.15) is 5.75 Å². The Morgan fingerprint density at radius 1 is 1.29 bits per heavy atom. The third kappa shape index (κ3) is 7.40. The molecule has 0 radical (unpaired) electrons. The lowest BCUT2D eigenvalue weighted by Crippen LogP contribution is -2.21. The zero-order valence-corrected chi connectivity index (χ0v) is 19.3. The summed E-state index contributed by atoms with van der Waals surface area (Å²) in [6.45, 7) is 5.75. The van der Waals surface area contributed by atoms with Crippen LogP contribution in [0, 0.1) is 0 Å². The number of nitrogens with zero attached hydrogens (tertiary/aromatic N) is 1. The van der Waals surface area contributed by atoms with E-state index in [4.69, 9.17) is 16.3 Å². The van der Waals surface area contributed by atoms with Crippen LogP contribution in [0.4, 0.5) is 0 Å². The topological polar surface area (TPSA) is 76.0 Å². The quantitative estimate of drug-likeness (QED) is 0.0644. The van der Waals surface area contributed by atoms with Crippen LogP contribution in [-0.2, 0) is 16.0 Å². The summed E-state index contributed by atoms with van der Waals surface area (Å²) in [5, 5.41) is 12.9. The summed E-state index contributed by atoms with van der Waals surface area (Å²) in [7, 11) is 0. The van der Waals surface area contributed by atoms with Crippen molar-refractivity contribution >= 4 is 40.8 Å². The molecule has 5 nitrogen and oxygen atoms in total. The van der Waals surface area contributed by atoms with Gasteiger partial charge < -0.3 is 9.94 Å². The lowest BCUT2D eigenvalue weighted by atomic mass is 10.0. The van der Waals surface area contributed by atoms with Crippen molar-refractivity contribution in [3.8, 4) is 5.75 Å². The number of esters is 1. The summed E-state index contributed by atoms with van der Waals surface area (Å²) in [6.07, 6.45) is 12.5. The van der Waals surface area contributed by atoms with Gasteiger partial charge in [0.05, 0.1) is 4.90 Å². The molecule has 166 valence electrons. The maximum absolute atomic E-state index is 12.6. The maximum Gasteiger partial charge on any atom is 0.361 e. The summed E-state index contributed by atoms with van der Waals surface area (Å²) in [5.41, 5.74) is 1.28. The number of hydrogen-bond donors (Lipinski definition) is 1. The molecule has 1 N–H and O–H groups in total. The number of ether oxygens (including phenoxy) is 1. The number of carbonyl (C=O) groups excluding carboxylic acids is 2. The van der Waals surface area contributed by atoms with E-state index >= 15 is 0 Å². The normalized spacial score (nSPS) is 15.7. The number of halogens is 1. The van der Waals surface area contributed by atoms with Crippen molar-refractivity contribution < 1.29 is 19.5 Å². The van der Waals surface area contributed by atoms with Crippen LogP contribution in [0.1, 0.15) is 51.0 Å². The van der Waals surface area contributed by atoms with E-state index in [9.17, 15) is 14.8 Å². The molecule has 0 saturated heterocycles. The van der Waals surface area contributed by atoms with E-state index in [1.165, 1.54) is 11.8 Å². The molecule has 1 heterocycles. The Labute approximate surface area is 192 Å². The highest BCUT2D eigenvalue weighted by atomic mass is 35.5. The molecule has 31 heavy (non-hydrogen) atoms. The number of hydrogen-bond acceptors (Lipinski definition) is 6. The van der Waals surface area contributed by atoms with Crippen molar-refractivity contribution in [2.24, 2.45) is 5.16 Å². The highest BCUT2D eigenvalue weighted by Crippen LogP contribution is 2.40. The van der Waals surface area contributed by atoms with Crippen LogP contribution in [0.3, 0.4) is 0 Å². The first-order valence-corrected chi connectivity index (χ1v) is 11.8. The first-order chi connectivity index (χ1) is 15.0. The molecular formula is C24H28ClNO4S. The molecule has 0 saturated carbocycles. The number of ketones is 1. The Balaban J connectivity index is 2.16. The minimum atomic E-state index is -0.691. The number of fused-ring (bicyclic) bond motifs is 1. The van der Waals surface area contributed by atoms with Gasteiger partial charge in [-0.25, -0.2) is 4.79 Å². The lowest BCUT2D eigenvalue weighted by molar-refractivity contribution is -0.127. The second-order valence-corrected chi connectivity index (χ2v) is 8.55. The molecule has 0 bridgehead atoms. The van der Waals surface area contributed by atoms with Gasteiger partial charge in [-0.15, -0.1) is 11.8 Å². The van der Waals surface area contributed by atoms with Gasteiger partial charge in [0.2, 0.25) is 0 Å². The van der Waals surface area contributed by atoms with Gasteiger partial charge in [-0.2, -0.15) is 0 Å². The van der Waals surface area contributed by atoms with Crippen LogP contribution < -0.4 is 4.74 Å². The third-order valence-electron chi connectivity index (χ3n) is 4.86. The van der Waals surface area contributed by atoms with Crippen LogP contribution in [0.15, 0.2) is 58.6 Å². The highest BCUT2D eigenvalue weighted by molar-refractivity contribution is 7.99. The Kier molecular flexibility index (Phi) is 10.6. The molecule has 1 aromatic carbocycles. The predicted octanol–water partition coefficient (Wildman–Crippen LogP) is 6.32. The molecule has 7 heteroatoms. The van der Waals surface area contributed by atoms with Gasteiger partial charge in [-0.1, -0.05) is 80.2 Å². The molecule has 1 aliphatic rings. The fraction of sp³-hybridized carbons (Fsp3) is 0.375. The van der Waals surface area contributed by atoms with Crippen molar-refractivity contribution in [3.05, 3.63) is 59.2 Å². The lowest BCUT2D eigenvalue weighted by Gasteiger charge is -2.13. The zero-order valence-electron chi connectivity index (χ0n) is 17.7. The first-order valence-electron chi connectivity index (χ1n) is 10.4. The molecule has 0 spiro atoms. The molecule has 0 aromatic heterocycles. The Hall–Kier alpha value is -2.31. The molecule has 0 fully saturated rings. The number of allylic oxidation sites excluding steroid dienone is 4. The number of rotatable bonds is 10. The SMILES string of the molecule is C=C/C=C\C=C1/CSc2c(OC(=O)/C(CCCCCCC)=N\O)ccc(Cl)c2CC1=O. The Morgan fingerprint density at radius 2 is 2.06 bits per heavy atom. The standard InChI is InChI=1S/C24H28ClNO4S/c1-3-5-7-8-10-12-20(26-29)24(28)30-22-14-13-19(25)18-15-21(27)17(11-9-6-4-2)16-31-23(18)22/h4,6,9,11,13-14,29H,2-3,5,7-8,10,12,15-16H2,1H3/b9-6-,17-11+,26-20-. The molecule has 1 aliphatic heterocycles. The van der Waals surface area contributed by atoms with E-state index in [1.807, 2.05) is 0 Å². The maximum atomic E-state index is 12.6. The summed E-state index contributed by atoms with van der Waals surface area (Å²) < 4.78 is 5.56. The van der Waals surface area contributed by atoms with Gasteiger partial charge in [0, 0.05) is 29.2 Å². The third-order valence-corrected chi connectivity index (χ3v) is 6.40. The van der Waals surface area contributed by atoms with Gasteiger partial charge in [0.25, 0.3) is 0 Å². The number of oxime groups is 1. The summed E-state index contributed by atoms with van der Waals surface area (Å²) in [5.74, 6) is 0.0203. The summed E-state index contributed by atoms with van der Waals surface area (Å²) >= 11 is 7.74. The smallest absolute Gasteiger partial charge is 0.361 e. The first kappa shape index (κ1) is 25.0. The Bertz CT molecular complexity index is 905. The molecule has 0 atom stereocenters. The minimum Gasteiger partial charge on any atom is -0.421 e. The van der Waals surface area contributed by atoms with Crippen LogP contribution in [0.2, 0.25) is 5.02 Å². The molecular weight excluding hydrogens is 434 g/mol. The molecule has 0 amide bonds. The molecule has 1 aromatic rings. The van der Waals surface area contributed by atoms with Crippen LogP contribution in [0.25, 0.3) is 0 Å². The monoisotopic (exact) mass is 461 g/mol. The van der Waals surface area contributed by atoms with Crippen molar-refractivity contribution in [1.82, 2.24) is 0 Å². The fourth-order valence-corrected chi connectivity index (χ4v) is 4.57. The van der Waals surface area contributed by atoms with Crippen molar-refractivity contribution in [1.29, 1.82) is 0 Å². The van der Waals surface area contributed by atoms with E-state index < -0.39 is 5.97 Å². The summed E-state index contributed by atoms with van der Waals surface area (Å²) in [6, 6.07) is 3.22. The van der Waals surface area contributed by atoms with E-state index in [0.717, 1.165) is 32.1 Å². The number of carbonyl (C=O) groups is 2. The fourth-order valence-electron chi connectivity index (χ4n) is 3.13. The predicted molar refractivity (Wildman–Crippen MR) is 127 cm³/mol. The largest absolute Gasteiger partial charge is 0.421 e. The zero-order chi connectivity index (χ0) is 22.6. The van der Waals surface area contributed by atoms with Gasteiger partial charge in [-0.3, -0.25) is 4.79 Å². The number of thioether (sulfide) groups is 1. The van der Waals surface area contributed by atoms with Gasteiger partial charge >= 0.3 is 5.97 Å². The molecule has 0 aliphatic carbocycles. The van der Waals surface area contributed by atoms with Crippen LogP contribution in [0.5, 0.6) is 5.75 Å². The Morgan fingerprint density at radius 3 is 2.77 bits per heavy atom. The van der Waals surface area contributed by atoms with Crippen molar-refractivity contribution in [2.75, 3.05) is 5.75 Å². The number of Topliss-reactive ketones (excluding diaryl/α,β-unsaturated/α-hetero) is 1. The molecule has 0 unspecified atom stereocenters. The average Bonchev–Trinajstić information content (AvgIpc) is 2.92. The van der Waals surface area contributed by atoms with Gasteiger partial charge in [0.15, 0.2) is 11.5 Å². The average molecular weight is 462 g/mol. The summed E-state index contributed by atoms with van der Waals surface area (Å²) in [4.78, 5) is 25.9. The number of unbranched alkanes of at least 4 members (excludes halogenated alkanes) is 4. The van der Waals surface area contributed by atoms with E-state index in [2.05, 4.69) is 18.7 Å². The highest BCUT2D eigenvalue weighted by Gasteiger charge is 2.25. The second kappa shape index (κ2) is 13.2. The van der Waals surface area contributed by atoms with E-state index in [-0.39, 0.29) is 17.9 Å². The van der Waals surface area contributed by atoms with Crippen LogP contribution in [-0.4, -0.2) is 28.4 Å². The van der Waals surface area contributed by atoms with Crippen molar-refractivity contribution in [2.45, 2.75) is 56.8 Å².